The molecule has 4 atom stereocenters. The maximum Gasteiger partial charge on any atom is 0.348 e. The molecule has 3 rings (SSSR count). The molecule has 0 aromatic heterocycles. The smallest absolute Gasteiger partial charge is 0.348 e. The van der Waals surface area contributed by atoms with Crippen LogP contribution in [-0.4, -0.2) is 72.5 Å². The van der Waals surface area contributed by atoms with Gasteiger partial charge in [0.1, 0.15) is 18.0 Å². The highest BCUT2D eigenvalue weighted by Gasteiger charge is 2.54. The number of aromatic hydroxyl groups is 3. The number of hydrogen-bond donors (Lipinski definition) is 6. The molecular weight excluding hydrogens is 488 g/mol. The van der Waals surface area contributed by atoms with Gasteiger partial charge in [0.15, 0.2) is 11.5 Å². The number of carboxylic acids is 1. The first kappa shape index (κ1) is 27.2. The lowest BCUT2D eigenvalue weighted by Gasteiger charge is -2.41. The van der Waals surface area contributed by atoms with Crippen molar-refractivity contribution in [3.05, 3.63) is 65.2 Å². The topological polar surface area (TPSA) is 191 Å². The van der Waals surface area contributed by atoms with Crippen LogP contribution in [0.15, 0.2) is 48.6 Å². The van der Waals surface area contributed by atoms with Gasteiger partial charge in [-0.2, -0.15) is 0 Å². The number of carbonyl (C=O) groups excluding carboxylic acids is 2. The number of rotatable bonds is 7. The van der Waals surface area contributed by atoms with E-state index in [0.717, 1.165) is 18.2 Å². The molecule has 0 aliphatic heterocycles. The molecule has 0 bridgehead atoms. The molecule has 6 N–H and O–H groups in total. The quantitative estimate of drug-likeness (QED) is 0.179. The van der Waals surface area contributed by atoms with Crippen LogP contribution >= 0.6 is 0 Å². The Morgan fingerprint density at radius 1 is 0.865 bits per heavy atom. The number of carbonyl (C=O) groups is 3. The van der Waals surface area contributed by atoms with E-state index in [1.807, 2.05) is 0 Å². The first-order chi connectivity index (χ1) is 17.4. The molecule has 0 unspecified atom stereocenters. The van der Waals surface area contributed by atoms with Crippen molar-refractivity contribution in [2.75, 3.05) is 0 Å². The fourth-order valence-electron chi connectivity index (χ4n) is 3.82. The number of aryl methyl sites for hydroxylation is 1. The highest BCUT2D eigenvalue weighted by atomic mass is 16.6. The fourth-order valence-corrected chi connectivity index (χ4v) is 3.82. The molecule has 11 nitrogen and oxygen atoms in total. The summed E-state index contributed by atoms with van der Waals surface area (Å²) in [5.74, 6) is -4.38. The second kappa shape index (κ2) is 11.1. The van der Waals surface area contributed by atoms with E-state index in [1.165, 1.54) is 30.4 Å². The third kappa shape index (κ3) is 6.66. The number of esters is 2. The van der Waals surface area contributed by atoms with Gasteiger partial charge in [0.2, 0.25) is 5.60 Å². The Labute approximate surface area is 211 Å². The average Bonchev–Trinajstić information content (AvgIpc) is 2.83. The lowest BCUT2D eigenvalue weighted by Crippen LogP contribution is -2.58. The summed E-state index contributed by atoms with van der Waals surface area (Å²) in [4.78, 5) is 36.8. The van der Waals surface area contributed by atoms with Gasteiger partial charge in [-0.25, -0.2) is 14.4 Å². The van der Waals surface area contributed by atoms with Crippen molar-refractivity contribution in [2.45, 2.75) is 43.7 Å². The summed E-state index contributed by atoms with van der Waals surface area (Å²) in [5, 5.41) is 58.9. The van der Waals surface area contributed by atoms with E-state index in [-0.39, 0.29) is 11.5 Å². The van der Waals surface area contributed by atoms with Crippen molar-refractivity contribution in [2.24, 2.45) is 0 Å². The monoisotopic (exact) mass is 514 g/mol. The van der Waals surface area contributed by atoms with Crippen LogP contribution in [0.1, 0.15) is 29.5 Å². The van der Waals surface area contributed by atoms with Crippen LogP contribution < -0.4 is 0 Å². The summed E-state index contributed by atoms with van der Waals surface area (Å²) in [6.07, 6.45) is -1.59. The number of phenolic OH excluding ortho intramolecular Hbond substituents is 3. The van der Waals surface area contributed by atoms with E-state index in [1.54, 1.807) is 19.1 Å². The zero-order valence-electron chi connectivity index (χ0n) is 19.6. The molecule has 1 aliphatic rings. The highest BCUT2D eigenvalue weighted by Crippen LogP contribution is 2.35. The zero-order valence-corrected chi connectivity index (χ0v) is 19.6. The Kier molecular flexibility index (Phi) is 8.21. The standard InChI is InChI=1S/C26H26O11/c1-14-10-15(2-6-17(14)27)4-8-22(31)36-21-13-26(25(34)35,12-20(30)24(21)33)37-23(32)9-5-16-3-7-18(28)19(29)11-16/h2-11,20-21,24,27-30,33H,12-13H2,1H3,(H,34,35)/b8-4+,9-5+/t20-,21-,24-,26+/m1/s1. The second-order valence-corrected chi connectivity index (χ2v) is 8.62. The van der Waals surface area contributed by atoms with E-state index in [2.05, 4.69) is 0 Å². The average molecular weight is 514 g/mol. The molecule has 1 aliphatic carbocycles. The summed E-state index contributed by atoms with van der Waals surface area (Å²) in [7, 11) is 0. The van der Waals surface area contributed by atoms with E-state index in [9.17, 15) is 45.0 Å². The third-order valence-corrected chi connectivity index (χ3v) is 5.84. The molecule has 0 amide bonds. The summed E-state index contributed by atoms with van der Waals surface area (Å²) < 4.78 is 10.3. The van der Waals surface area contributed by atoms with Gasteiger partial charge in [-0.3, -0.25) is 0 Å². The summed E-state index contributed by atoms with van der Waals surface area (Å²) in [6.45, 7) is 1.67. The van der Waals surface area contributed by atoms with Crippen LogP contribution in [-0.2, 0) is 23.9 Å². The van der Waals surface area contributed by atoms with E-state index in [4.69, 9.17) is 9.47 Å². The first-order valence-corrected chi connectivity index (χ1v) is 11.1. The molecule has 196 valence electrons. The van der Waals surface area contributed by atoms with Crippen molar-refractivity contribution in [3.8, 4) is 17.2 Å². The van der Waals surface area contributed by atoms with Crippen LogP contribution in [0, 0.1) is 6.92 Å². The number of phenols is 3. The molecule has 2 aromatic carbocycles. The van der Waals surface area contributed by atoms with Gasteiger partial charge in [0.05, 0.1) is 6.10 Å². The van der Waals surface area contributed by atoms with Gasteiger partial charge >= 0.3 is 17.9 Å². The molecule has 0 saturated heterocycles. The van der Waals surface area contributed by atoms with Crippen LogP contribution in [0.5, 0.6) is 17.2 Å². The molecule has 11 heteroatoms. The van der Waals surface area contributed by atoms with Crippen molar-refractivity contribution >= 4 is 30.1 Å². The van der Waals surface area contributed by atoms with Gasteiger partial charge in [0, 0.05) is 25.0 Å². The molecule has 0 heterocycles. The van der Waals surface area contributed by atoms with Crippen LogP contribution in [0.4, 0.5) is 0 Å². The number of ether oxygens (including phenoxy) is 2. The number of benzene rings is 2. The van der Waals surface area contributed by atoms with Crippen molar-refractivity contribution in [3.63, 3.8) is 0 Å². The third-order valence-electron chi connectivity index (χ3n) is 5.84. The lowest BCUT2D eigenvalue weighted by atomic mass is 9.79. The van der Waals surface area contributed by atoms with Crippen molar-refractivity contribution < 1.29 is 54.5 Å². The zero-order chi connectivity index (χ0) is 27.3. The summed E-state index contributed by atoms with van der Waals surface area (Å²) in [5.41, 5.74) is -0.859. The van der Waals surface area contributed by atoms with Gasteiger partial charge in [-0.15, -0.1) is 0 Å². The van der Waals surface area contributed by atoms with Gasteiger partial charge < -0.3 is 40.1 Å². The molecule has 37 heavy (non-hydrogen) atoms. The number of aliphatic hydroxyl groups excluding tert-OH is 2. The minimum Gasteiger partial charge on any atom is -0.508 e. The number of aliphatic hydroxyl groups is 2. The number of aliphatic carboxylic acids is 1. The maximum atomic E-state index is 12.4. The molecular formula is C26H26O11. The molecule has 0 radical (unpaired) electrons. The van der Waals surface area contributed by atoms with Gasteiger partial charge in [0.25, 0.3) is 0 Å². The normalized spacial score (nSPS) is 23.7. The fraction of sp³-hybridized carbons (Fsp3) is 0.269. The van der Waals surface area contributed by atoms with Crippen LogP contribution in [0.25, 0.3) is 12.2 Å². The second-order valence-electron chi connectivity index (χ2n) is 8.62. The Bertz CT molecular complexity index is 1250. The largest absolute Gasteiger partial charge is 0.508 e. The Morgan fingerprint density at radius 2 is 1.46 bits per heavy atom. The van der Waals surface area contributed by atoms with E-state index in [0.29, 0.717) is 16.7 Å². The van der Waals surface area contributed by atoms with Crippen molar-refractivity contribution in [1.82, 2.24) is 0 Å². The van der Waals surface area contributed by atoms with E-state index < -0.39 is 60.4 Å². The molecule has 1 fully saturated rings. The predicted octanol–water partition coefficient (Wildman–Crippen LogP) is 1.63. The Balaban J connectivity index is 1.73. The Hall–Kier alpha value is -4.35. The maximum absolute atomic E-state index is 12.4. The van der Waals surface area contributed by atoms with Gasteiger partial charge in [-0.1, -0.05) is 12.1 Å². The van der Waals surface area contributed by atoms with Crippen molar-refractivity contribution in [1.29, 1.82) is 0 Å². The molecule has 2 aromatic rings. The summed E-state index contributed by atoms with van der Waals surface area (Å²) in [6, 6.07) is 8.34. The molecule has 0 spiro atoms. The van der Waals surface area contributed by atoms with Gasteiger partial charge in [-0.05, 0) is 60.0 Å². The van der Waals surface area contributed by atoms with Crippen LogP contribution in [0.3, 0.4) is 0 Å². The minimum atomic E-state index is -2.31. The minimum absolute atomic E-state index is 0.0784. The number of hydrogen-bond acceptors (Lipinski definition) is 10. The Morgan fingerprint density at radius 3 is 2.05 bits per heavy atom. The van der Waals surface area contributed by atoms with E-state index >= 15 is 0 Å². The lowest BCUT2D eigenvalue weighted by molar-refractivity contribution is -0.207. The molecule has 1 saturated carbocycles. The first-order valence-electron chi connectivity index (χ1n) is 11.1. The summed E-state index contributed by atoms with van der Waals surface area (Å²) >= 11 is 0. The SMILES string of the molecule is Cc1cc(/C=C/C(=O)O[C@@H]2C[C@](OC(=O)/C=C/c3ccc(O)c(O)c3)(C(=O)O)C[C@@H](O)[C@H]2O)ccc1O. The number of carboxylic acid groups (broad SMARTS) is 1. The highest BCUT2D eigenvalue weighted by molar-refractivity contribution is 5.91. The predicted molar refractivity (Wildman–Crippen MR) is 128 cm³/mol. The van der Waals surface area contributed by atoms with Crippen LogP contribution in [0.2, 0.25) is 0 Å².